The molecule has 0 saturated heterocycles. The summed E-state index contributed by atoms with van der Waals surface area (Å²) in [5.74, 6) is -0.0114. The molecule has 0 radical (unpaired) electrons. The topological polar surface area (TPSA) is 110 Å². The van der Waals surface area contributed by atoms with E-state index < -0.39 is 5.56 Å². The molecule has 0 spiro atoms. The molecule has 0 amide bonds. The van der Waals surface area contributed by atoms with E-state index in [2.05, 4.69) is 15.0 Å². The van der Waals surface area contributed by atoms with Crippen molar-refractivity contribution in [3.05, 3.63) is 38.6 Å². The summed E-state index contributed by atoms with van der Waals surface area (Å²) in [4.78, 5) is 23.5. The number of nitrogen functional groups attached to an aromatic ring is 1. The largest absolute Gasteiger partial charge is 0.395 e. The van der Waals surface area contributed by atoms with E-state index in [1.165, 1.54) is 11.8 Å². The third-order valence-electron chi connectivity index (χ3n) is 3.01. The maximum Gasteiger partial charge on any atom is 0.280 e. The van der Waals surface area contributed by atoms with Crippen LogP contribution in [0.3, 0.4) is 0 Å². The molecule has 3 rings (SSSR count). The Morgan fingerprint density at radius 1 is 1.35 bits per heavy atom. The molecule has 0 unspecified atom stereocenters. The fourth-order valence-corrected chi connectivity index (χ4v) is 3.48. The van der Waals surface area contributed by atoms with Crippen molar-refractivity contribution < 1.29 is 5.11 Å². The minimum atomic E-state index is -0.437. The number of aromatic amines is 1. The molecule has 0 fully saturated rings. The molecule has 3 aromatic rings. The highest BCUT2D eigenvalue weighted by atomic mass is 35.5. The van der Waals surface area contributed by atoms with Gasteiger partial charge in [-0.15, -0.1) is 0 Å². The highest BCUT2D eigenvalue weighted by Gasteiger charge is 2.17. The Labute approximate surface area is 144 Å². The van der Waals surface area contributed by atoms with Crippen molar-refractivity contribution in [1.29, 1.82) is 0 Å². The van der Waals surface area contributed by atoms with E-state index in [4.69, 9.17) is 28.9 Å². The normalized spacial score (nSPS) is 11.3. The smallest absolute Gasteiger partial charge is 0.280 e. The summed E-state index contributed by atoms with van der Waals surface area (Å²) in [5.41, 5.74) is 5.61. The zero-order valence-corrected chi connectivity index (χ0v) is 13.9. The van der Waals surface area contributed by atoms with Crippen molar-refractivity contribution in [1.82, 2.24) is 19.5 Å². The van der Waals surface area contributed by atoms with Crippen molar-refractivity contribution in [3.8, 4) is 0 Å². The van der Waals surface area contributed by atoms with Crippen molar-refractivity contribution in [2.24, 2.45) is 0 Å². The Morgan fingerprint density at radius 3 is 2.83 bits per heavy atom. The lowest BCUT2D eigenvalue weighted by Crippen LogP contribution is -2.12. The summed E-state index contributed by atoms with van der Waals surface area (Å²) >= 11 is 13.3. The molecule has 2 heterocycles. The van der Waals surface area contributed by atoms with Gasteiger partial charge < -0.3 is 15.4 Å². The first kappa shape index (κ1) is 16.1. The van der Waals surface area contributed by atoms with Crippen LogP contribution in [-0.2, 0) is 6.54 Å². The molecule has 4 N–H and O–H groups in total. The average Bonchev–Trinajstić information content (AvgIpc) is 2.81. The summed E-state index contributed by atoms with van der Waals surface area (Å²) in [7, 11) is 0. The van der Waals surface area contributed by atoms with Crippen LogP contribution >= 0.6 is 35.0 Å². The number of anilines is 1. The zero-order valence-electron chi connectivity index (χ0n) is 11.6. The summed E-state index contributed by atoms with van der Waals surface area (Å²) in [6.45, 7) is 0.0850. The van der Waals surface area contributed by atoms with Crippen LogP contribution in [0.15, 0.2) is 33.0 Å². The Hall–Kier alpha value is -1.74. The van der Waals surface area contributed by atoms with Gasteiger partial charge in [-0.3, -0.25) is 9.78 Å². The van der Waals surface area contributed by atoms with Gasteiger partial charge in [-0.05, 0) is 18.2 Å². The van der Waals surface area contributed by atoms with Crippen molar-refractivity contribution in [3.63, 3.8) is 0 Å². The first-order valence-electron chi connectivity index (χ1n) is 6.49. The highest BCUT2D eigenvalue weighted by molar-refractivity contribution is 7.99. The minimum Gasteiger partial charge on any atom is -0.395 e. The maximum absolute atomic E-state index is 12.0. The molecule has 0 bridgehead atoms. The number of aliphatic hydroxyl groups is 1. The molecule has 2 aromatic heterocycles. The Bertz CT molecular complexity index is 940. The van der Waals surface area contributed by atoms with Crippen LogP contribution in [0, 0.1) is 0 Å². The summed E-state index contributed by atoms with van der Waals surface area (Å²) < 4.78 is 1.62. The molecule has 0 aliphatic rings. The molecule has 0 atom stereocenters. The van der Waals surface area contributed by atoms with E-state index in [0.717, 1.165) is 4.90 Å². The first-order valence-corrected chi connectivity index (χ1v) is 8.06. The number of hydrogen-bond donors (Lipinski definition) is 3. The van der Waals surface area contributed by atoms with Crippen molar-refractivity contribution in [2.75, 3.05) is 12.3 Å². The van der Waals surface area contributed by atoms with E-state index in [9.17, 15) is 9.90 Å². The van der Waals surface area contributed by atoms with E-state index in [-0.39, 0.29) is 24.6 Å². The van der Waals surface area contributed by atoms with Gasteiger partial charge in [-0.2, -0.15) is 4.98 Å². The van der Waals surface area contributed by atoms with Crippen LogP contribution in [-0.4, -0.2) is 31.2 Å². The lowest BCUT2D eigenvalue weighted by atomic mass is 10.4. The number of rotatable bonds is 4. The second-order valence-electron chi connectivity index (χ2n) is 4.57. The second-order valence-corrected chi connectivity index (χ2v) is 6.42. The van der Waals surface area contributed by atoms with Gasteiger partial charge in [0.1, 0.15) is 0 Å². The van der Waals surface area contributed by atoms with Crippen LogP contribution in [0.1, 0.15) is 0 Å². The quantitative estimate of drug-likeness (QED) is 0.647. The standard InChI is InChI=1S/C13H11Cl2N5O2S/c14-6-1-2-8(7(15)5-6)23-13-17-9-10(20(13)3-4-21)18-12(16)19-11(9)22/h1-2,5,21H,3-4H2,(H3,16,18,19,22). The average molecular weight is 372 g/mol. The molecule has 0 aliphatic carbocycles. The summed E-state index contributed by atoms with van der Waals surface area (Å²) in [5, 5.41) is 10.7. The Morgan fingerprint density at radius 2 is 2.13 bits per heavy atom. The summed E-state index contributed by atoms with van der Waals surface area (Å²) in [6, 6.07) is 5.08. The molecule has 0 aliphatic heterocycles. The van der Waals surface area contributed by atoms with E-state index in [1.807, 2.05) is 0 Å². The van der Waals surface area contributed by atoms with Gasteiger partial charge in [-0.1, -0.05) is 35.0 Å². The highest BCUT2D eigenvalue weighted by Crippen LogP contribution is 2.35. The number of imidazole rings is 1. The fraction of sp³-hybridized carbons (Fsp3) is 0.154. The van der Waals surface area contributed by atoms with E-state index >= 15 is 0 Å². The van der Waals surface area contributed by atoms with E-state index in [1.54, 1.807) is 22.8 Å². The summed E-state index contributed by atoms with van der Waals surface area (Å²) in [6.07, 6.45) is 0. The van der Waals surface area contributed by atoms with Gasteiger partial charge in [0.25, 0.3) is 5.56 Å². The Kier molecular flexibility index (Phi) is 4.49. The second kappa shape index (κ2) is 6.40. The number of H-pyrrole nitrogens is 1. The van der Waals surface area contributed by atoms with Gasteiger partial charge in [0, 0.05) is 16.5 Å². The van der Waals surface area contributed by atoms with Gasteiger partial charge in [0.15, 0.2) is 16.3 Å². The van der Waals surface area contributed by atoms with Crippen LogP contribution < -0.4 is 11.3 Å². The van der Waals surface area contributed by atoms with Crippen LogP contribution in [0.25, 0.3) is 11.2 Å². The van der Waals surface area contributed by atoms with Crippen LogP contribution in [0.4, 0.5) is 5.95 Å². The van der Waals surface area contributed by atoms with Crippen molar-refractivity contribution in [2.45, 2.75) is 16.6 Å². The lowest BCUT2D eigenvalue weighted by molar-refractivity contribution is 0.273. The van der Waals surface area contributed by atoms with Crippen LogP contribution in [0.5, 0.6) is 0 Å². The molecule has 7 nitrogen and oxygen atoms in total. The predicted octanol–water partition coefficient (Wildman–Crippen LogP) is 2.15. The lowest BCUT2D eigenvalue weighted by Gasteiger charge is -2.07. The molecule has 23 heavy (non-hydrogen) atoms. The molecule has 0 saturated carbocycles. The van der Waals surface area contributed by atoms with Gasteiger partial charge >= 0.3 is 0 Å². The monoisotopic (exact) mass is 371 g/mol. The molecule has 120 valence electrons. The fourth-order valence-electron chi connectivity index (χ4n) is 2.04. The Balaban J connectivity index is 2.14. The third kappa shape index (κ3) is 3.16. The number of hydrogen-bond acceptors (Lipinski definition) is 6. The molecular formula is C13H11Cl2N5O2S. The SMILES string of the molecule is Nc1nc2c(nc(Sc3ccc(Cl)cc3Cl)n2CCO)c(=O)[nH]1. The number of benzene rings is 1. The van der Waals surface area contributed by atoms with Crippen molar-refractivity contribution >= 4 is 52.1 Å². The molecular weight excluding hydrogens is 361 g/mol. The third-order valence-corrected chi connectivity index (χ3v) is 4.74. The number of fused-ring (bicyclic) bond motifs is 1. The van der Waals surface area contributed by atoms with E-state index in [0.29, 0.717) is 20.8 Å². The van der Waals surface area contributed by atoms with Crippen LogP contribution in [0.2, 0.25) is 10.0 Å². The maximum atomic E-state index is 12.0. The van der Waals surface area contributed by atoms with Gasteiger partial charge in [-0.25, -0.2) is 4.98 Å². The molecule has 10 heteroatoms. The number of halogens is 2. The number of aromatic nitrogens is 4. The predicted molar refractivity (Wildman–Crippen MR) is 90.2 cm³/mol. The number of nitrogens with zero attached hydrogens (tertiary/aromatic N) is 3. The minimum absolute atomic E-state index is 0.0114. The van der Waals surface area contributed by atoms with Gasteiger partial charge in [0.05, 0.1) is 11.6 Å². The number of nitrogens with two attached hydrogens (primary N) is 1. The first-order chi connectivity index (χ1) is 11.0. The zero-order chi connectivity index (χ0) is 16.6. The van der Waals surface area contributed by atoms with Gasteiger partial charge in [0.2, 0.25) is 5.95 Å². The molecule has 1 aromatic carbocycles. The number of nitrogens with one attached hydrogen (secondary N) is 1. The number of aliphatic hydroxyl groups excluding tert-OH is 1.